The van der Waals surface area contributed by atoms with Gasteiger partial charge >= 0.3 is 12.0 Å². The van der Waals surface area contributed by atoms with E-state index in [9.17, 15) is 4.79 Å². The van der Waals surface area contributed by atoms with E-state index in [0.717, 1.165) is 25.3 Å². The molecule has 0 aromatic rings. The van der Waals surface area contributed by atoms with Crippen LogP contribution in [0, 0.1) is 0 Å². The first-order chi connectivity index (χ1) is 18.4. The van der Waals surface area contributed by atoms with Gasteiger partial charge in [-0.2, -0.15) is 0 Å². The molecule has 0 aromatic heterocycles. The molecule has 2 nitrogen and oxygen atoms in total. The molecule has 0 bridgehead atoms. The van der Waals surface area contributed by atoms with Gasteiger partial charge in [-0.3, -0.25) is 4.79 Å². The quantitative estimate of drug-likeness (QED) is 0.0465. The smallest absolute Gasteiger partial charge is 0.341 e. The second kappa shape index (κ2) is 30.5. The molecule has 228 valence electrons. The highest BCUT2D eigenvalue weighted by Crippen LogP contribution is 2.27. The SMILES string of the molecule is O=C(O)CCCCCCCCCCCCCCCCCCCCCCCCCCCCCCC[Si](Cl)(Cl)Cl. The van der Waals surface area contributed by atoms with Crippen LogP contribution in [-0.4, -0.2) is 17.1 Å². The van der Waals surface area contributed by atoms with E-state index in [4.69, 9.17) is 38.3 Å². The number of halogens is 3. The van der Waals surface area contributed by atoms with E-state index in [1.165, 1.54) is 167 Å². The molecule has 1 N–H and O–H groups in total. The van der Waals surface area contributed by atoms with Crippen molar-refractivity contribution in [1.29, 1.82) is 0 Å². The second-order valence-electron chi connectivity index (χ2n) is 11.8. The highest BCUT2D eigenvalue weighted by atomic mass is 35.8. The second-order valence-corrected chi connectivity index (χ2v) is 21.0. The summed E-state index contributed by atoms with van der Waals surface area (Å²) in [7, 11) is 0. The summed E-state index contributed by atoms with van der Waals surface area (Å²) < 4.78 is 0. The molecule has 0 radical (unpaired) electrons. The van der Waals surface area contributed by atoms with Gasteiger partial charge in [-0.25, -0.2) is 0 Å². The maximum absolute atomic E-state index is 10.5. The topological polar surface area (TPSA) is 37.3 Å². The molecule has 0 aliphatic carbocycles. The van der Waals surface area contributed by atoms with Crippen molar-refractivity contribution in [2.75, 3.05) is 0 Å². The Hall–Kier alpha value is 0.557. The van der Waals surface area contributed by atoms with Crippen LogP contribution in [-0.2, 0) is 4.79 Å². The minimum absolute atomic E-state index is 0.341. The van der Waals surface area contributed by atoms with Crippen LogP contribution in [0.3, 0.4) is 0 Å². The number of carboxylic acids is 1. The highest BCUT2D eigenvalue weighted by molar-refractivity contribution is 7.64. The minimum atomic E-state index is -2.37. The van der Waals surface area contributed by atoms with Crippen LogP contribution < -0.4 is 0 Å². The van der Waals surface area contributed by atoms with E-state index < -0.39 is 12.0 Å². The summed E-state index contributed by atoms with van der Waals surface area (Å²) in [6.45, 7) is 0. The molecule has 6 heteroatoms. The fraction of sp³-hybridized carbons (Fsp3) is 0.969. The molecule has 0 atom stereocenters. The van der Waals surface area contributed by atoms with Gasteiger partial charge in [-0.05, 0) is 12.5 Å². The third-order valence-electron chi connectivity index (χ3n) is 7.85. The van der Waals surface area contributed by atoms with Crippen molar-refractivity contribution >= 4 is 45.2 Å². The number of aliphatic carboxylic acids is 1. The molecule has 0 aromatic carbocycles. The molecule has 0 unspecified atom stereocenters. The molecule has 0 heterocycles. The number of carbonyl (C=O) groups is 1. The number of rotatable bonds is 32. The third kappa shape index (κ3) is 36.6. The van der Waals surface area contributed by atoms with Crippen LogP contribution in [0.5, 0.6) is 0 Å². The fourth-order valence-corrected chi connectivity index (χ4v) is 7.23. The van der Waals surface area contributed by atoms with Gasteiger partial charge in [0.15, 0.2) is 0 Å². The van der Waals surface area contributed by atoms with Crippen LogP contribution in [0.1, 0.15) is 193 Å². The monoisotopic (exact) mass is 612 g/mol. The highest BCUT2D eigenvalue weighted by Gasteiger charge is 2.23. The lowest BCUT2D eigenvalue weighted by Gasteiger charge is -2.07. The summed E-state index contributed by atoms with van der Waals surface area (Å²) >= 11 is 17.8. The van der Waals surface area contributed by atoms with Crippen molar-refractivity contribution in [2.45, 2.75) is 199 Å². The van der Waals surface area contributed by atoms with E-state index >= 15 is 0 Å². The average Bonchev–Trinajstić information content (AvgIpc) is 2.86. The Morgan fingerprint density at radius 3 is 0.737 bits per heavy atom. The average molecular weight is 614 g/mol. The zero-order chi connectivity index (χ0) is 28.0. The predicted octanol–water partition coefficient (Wildman–Crippen LogP) is 13.4. The molecule has 0 saturated heterocycles. The minimum Gasteiger partial charge on any atom is -0.481 e. The first-order valence-corrected chi connectivity index (χ1v) is 21.9. The molecular formula is C32H63Cl3O2Si. The summed E-state index contributed by atoms with van der Waals surface area (Å²) in [5.41, 5.74) is 0. The maximum atomic E-state index is 10.5. The van der Waals surface area contributed by atoms with Crippen LogP contribution in [0.4, 0.5) is 0 Å². The molecule has 0 amide bonds. The standard InChI is InChI=1S/C32H63Cl3O2Si/c33-38(34,35)31-29-27-25-23-21-19-17-15-13-11-9-7-5-3-1-2-4-6-8-10-12-14-16-18-20-22-24-26-28-30-32(36)37/h1-31H2,(H,36,37). The van der Waals surface area contributed by atoms with Crippen LogP contribution in [0.2, 0.25) is 6.04 Å². The van der Waals surface area contributed by atoms with E-state index in [0.29, 0.717) is 6.42 Å². The number of hydrogen-bond acceptors (Lipinski definition) is 1. The fourth-order valence-electron chi connectivity index (χ4n) is 5.37. The third-order valence-corrected chi connectivity index (χ3v) is 10.5. The van der Waals surface area contributed by atoms with Crippen molar-refractivity contribution in [3.05, 3.63) is 0 Å². The van der Waals surface area contributed by atoms with Gasteiger partial charge in [-0.15, -0.1) is 33.2 Å². The van der Waals surface area contributed by atoms with Gasteiger partial charge in [0.1, 0.15) is 0 Å². The Morgan fingerprint density at radius 2 is 0.553 bits per heavy atom. The lowest BCUT2D eigenvalue weighted by atomic mass is 10.0. The number of unbranched alkanes of at least 4 members (excludes halogenated alkanes) is 28. The van der Waals surface area contributed by atoms with E-state index in [-0.39, 0.29) is 0 Å². The lowest BCUT2D eigenvalue weighted by molar-refractivity contribution is -0.137. The predicted molar refractivity (Wildman–Crippen MR) is 174 cm³/mol. The van der Waals surface area contributed by atoms with Crippen molar-refractivity contribution in [2.24, 2.45) is 0 Å². The van der Waals surface area contributed by atoms with E-state index in [1.54, 1.807) is 0 Å². The molecule has 0 aliphatic heterocycles. The molecule has 0 aliphatic rings. The zero-order valence-electron chi connectivity index (χ0n) is 24.9. The largest absolute Gasteiger partial charge is 0.481 e. The number of hydrogen-bond donors (Lipinski definition) is 1. The van der Waals surface area contributed by atoms with Crippen molar-refractivity contribution in [3.8, 4) is 0 Å². The van der Waals surface area contributed by atoms with Crippen molar-refractivity contribution in [3.63, 3.8) is 0 Å². The molecule has 0 rings (SSSR count). The first kappa shape index (κ1) is 38.6. The summed E-state index contributed by atoms with van der Waals surface area (Å²) in [5, 5.41) is 8.62. The Bertz CT molecular complexity index is 486. The molecule has 38 heavy (non-hydrogen) atoms. The van der Waals surface area contributed by atoms with Crippen LogP contribution in [0.25, 0.3) is 0 Å². The first-order valence-electron chi connectivity index (χ1n) is 16.7. The van der Waals surface area contributed by atoms with Crippen molar-refractivity contribution in [1.82, 2.24) is 0 Å². The van der Waals surface area contributed by atoms with Gasteiger partial charge in [0, 0.05) is 6.42 Å². The normalized spacial score (nSPS) is 11.9. The van der Waals surface area contributed by atoms with Gasteiger partial charge in [0.05, 0.1) is 0 Å². The molecule has 0 fully saturated rings. The summed E-state index contributed by atoms with van der Waals surface area (Å²) in [4.78, 5) is 10.5. The van der Waals surface area contributed by atoms with E-state index in [1.807, 2.05) is 0 Å². The van der Waals surface area contributed by atoms with Crippen molar-refractivity contribution < 1.29 is 9.90 Å². The van der Waals surface area contributed by atoms with Crippen LogP contribution in [0.15, 0.2) is 0 Å². The van der Waals surface area contributed by atoms with E-state index in [2.05, 4.69) is 0 Å². The Morgan fingerprint density at radius 1 is 0.368 bits per heavy atom. The van der Waals surface area contributed by atoms with Gasteiger partial charge in [-0.1, -0.05) is 180 Å². The molecular weight excluding hydrogens is 551 g/mol. The summed E-state index contributed by atoms with van der Waals surface area (Å²) in [6.07, 6.45) is 39.6. The lowest BCUT2D eigenvalue weighted by Crippen LogP contribution is -2.07. The summed E-state index contributed by atoms with van der Waals surface area (Å²) in [6, 6.07) is -1.55. The van der Waals surface area contributed by atoms with Gasteiger partial charge < -0.3 is 5.11 Å². The van der Waals surface area contributed by atoms with Gasteiger partial charge in [0.2, 0.25) is 0 Å². The molecule has 0 saturated carbocycles. The maximum Gasteiger partial charge on any atom is 0.341 e. The van der Waals surface area contributed by atoms with Crippen LogP contribution >= 0.6 is 33.2 Å². The zero-order valence-corrected chi connectivity index (χ0v) is 28.2. The Balaban J connectivity index is 3.05. The van der Waals surface area contributed by atoms with Gasteiger partial charge in [0.25, 0.3) is 0 Å². The molecule has 0 spiro atoms. The Labute approximate surface area is 252 Å². The number of carboxylic acid groups (broad SMARTS) is 1. The summed E-state index contributed by atoms with van der Waals surface area (Å²) in [5.74, 6) is -0.653. The Kier molecular flexibility index (Phi) is 31.0.